The predicted molar refractivity (Wildman–Crippen MR) is 59.4 cm³/mol. The maximum atomic E-state index is 11.9. The number of rotatable bonds is 1. The Morgan fingerprint density at radius 3 is 2.26 bits per heavy atom. The Morgan fingerprint density at radius 1 is 1.00 bits per heavy atom. The number of esters is 3. The molecule has 19 heavy (non-hydrogen) atoms. The zero-order chi connectivity index (χ0) is 13.5. The highest BCUT2D eigenvalue weighted by Crippen LogP contribution is 2.40. The number of hydrogen-bond acceptors (Lipinski definition) is 6. The molecule has 2 fully saturated rings. The monoisotopic (exact) mass is 262 g/mol. The van der Waals surface area contributed by atoms with Crippen molar-refractivity contribution in [3.8, 4) is 0 Å². The van der Waals surface area contributed by atoms with Crippen LogP contribution in [0.15, 0.2) is 30.3 Å². The lowest BCUT2D eigenvalue weighted by atomic mass is 9.94. The van der Waals surface area contributed by atoms with Gasteiger partial charge in [0, 0.05) is 5.56 Å². The Bertz CT molecular complexity index is 534. The van der Waals surface area contributed by atoms with Gasteiger partial charge in [-0.3, -0.25) is 9.59 Å². The van der Waals surface area contributed by atoms with Crippen LogP contribution in [0.25, 0.3) is 0 Å². The zero-order valence-corrected chi connectivity index (χ0v) is 9.83. The molecule has 1 aromatic rings. The van der Waals surface area contributed by atoms with Gasteiger partial charge >= 0.3 is 17.9 Å². The van der Waals surface area contributed by atoms with Crippen molar-refractivity contribution >= 4 is 17.9 Å². The van der Waals surface area contributed by atoms with Gasteiger partial charge in [0.2, 0.25) is 6.29 Å². The molecule has 1 atom stereocenters. The largest absolute Gasteiger partial charge is 0.429 e. The van der Waals surface area contributed by atoms with E-state index >= 15 is 0 Å². The lowest BCUT2D eigenvalue weighted by Crippen LogP contribution is -2.46. The first-order valence-corrected chi connectivity index (χ1v) is 5.76. The number of benzene rings is 1. The Morgan fingerprint density at radius 2 is 1.63 bits per heavy atom. The van der Waals surface area contributed by atoms with E-state index in [4.69, 9.17) is 9.47 Å². The van der Waals surface area contributed by atoms with Gasteiger partial charge in [-0.05, 0) is 0 Å². The van der Waals surface area contributed by atoms with Crippen molar-refractivity contribution in [1.82, 2.24) is 0 Å². The first-order chi connectivity index (χ1) is 9.09. The highest BCUT2D eigenvalue weighted by molar-refractivity contribution is 5.98. The molecule has 1 unspecified atom stereocenters. The summed E-state index contributed by atoms with van der Waals surface area (Å²) >= 11 is 0. The normalized spacial score (nSPS) is 25.3. The second-order valence-corrected chi connectivity index (χ2v) is 4.46. The molecule has 0 N–H and O–H groups in total. The van der Waals surface area contributed by atoms with Gasteiger partial charge in [0.05, 0.1) is 12.8 Å². The van der Waals surface area contributed by atoms with E-state index in [-0.39, 0.29) is 12.8 Å². The van der Waals surface area contributed by atoms with Crippen LogP contribution in [0.3, 0.4) is 0 Å². The number of cyclic esters (lactones) is 3. The molecule has 2 aliphatic rings. The minimum atomic E-state index is -1.53. The van der Waals surface area contributed by atoms with Crippen LogP contribution in [0.1, 0.15) is 24.7 Å². The van der Waals surface area contributed by atoms with E-state index in [9.17, 15) is 14.4 Å². The smallest absolute Gasteiger partial charge is 0.342 e. The molecule has 0 bridgehead atoms. The van der Waals surface area contributed by atoms with Crippen molar-refractivity contribution in [2.75, 3.05) is 0 Å². The molecule has 0 amide bonds. The molecular formula is C13H10O6. The molecule has 0 aromatic heterocycles. The van der Waals surface area contributed by atoms with Crippen LogP contribution < -0.4 is 0 Å². The van der Waals surface area contributed by atoms with E-state index in [1.54, 1.807) is 24.3 Å². The summed E-state index contributed by atoms with van der Waals surface area (Å²) in [5.41, 5.74) is -0.883. The number of carbonyl (C=O) groups is 3. The summed E-state index contributed by atoms with van der Waals surface area (Å²) in [5.74, 6) is -2.25. The third kappa shape index (κ3) is 2.00. The summed E-state index contributed by atoms with van der Waals surface area (Å²) in [4.78, 5) is 34.5. The van der Waals surface area contributed by atoms with Crippen molar-refractivity contribution in [1.29, 1.82) is 0 Å². The Kier molecular flexibility index (Phi) is 2.60. The van der Waals surface area contributed by atoms with Gasteiger partial charge in [-0.15, -0.1) is 0 Å². The van der Waals surface area contributed by atoms with E-state index in [0.717, 1.165) is 0 Å². The molecule has 2 aliphatic heterocycles. The highest BCUT2D eigenvalue weighted by atomic mass is 16.8. The molecule has 2 saturated heterocycles. The molecule has 98 valence electrons. The standard InChI is InChI=1S/C13H10O6/c14-9-6-13(7-10(15)17-9)12(16)18-11(19-13)8-4-2-1-3-5-8/h1-5,11H,6-7H2. The quantitative estimate of drug-likeness (QED) is 0.551. The summed E-state index contributed by atoms with van der Waals surface area (Å²) < 4.78 is 15.0. The number of carbonyl (C=O) groups excluding carboxylic acids is 3. The van der Waals surface area contributed by atoms with Gasteiger partial charge in [-0.1, -0.05) is 30.3 Å². The summed E-state index contributed by atoms with van der Waals surface area (Å²) in [6, 6.07) is 8.84. The Labute approximate surface area is 108 Å². The predicted octanol–water partition coefficient (Wildman–Crippen LogP) is 0.861. The average molecular weight is 262 g/mol. The second kappa shape index (κ2) is 4.17. The first kappa shape index (κ1) is 11.9. The molecular weight excluding hydrogens is 252 g/mol. The second-order valence-electron chi connectivity index (χ2n) is 4.46. The van der Waals surface area contributed by atoms with Gasteiger partial charge in [0.25, 0.3) is 0 Å². The fraction of sp³-hybridized carbons (Fsp3) is 0.308. The molecule has 6 nitrogen and oxygen atoms in total. The van der Waals surface area contributed by atoms with Crippen LogP contribution in [-0.2, 0) is 28.6 Å². The van der Waals surface area contributed by atoms with Crippen molar-refractivity contribution in [2.24, 2.45) is 0 Å². The maximum Gasteiger partial charge on any atom is 0.342 e. The number of ether oxygens (including phenoxy) is 3. The molecule has 2 heterocycles. The van der Waals surface area contributed by atoms with Gasteiger partial charge in [-0.25, -0.2) is 4.79 Å². The van der Waals surface area contributed by atoms with Crippen molar-refractivity contribution < 1.29 is 28.6 Å². The third-order valence-corrected chi connectivity index (χ3v) is 3.08. The molecule has 1 aromatic carbocycles. The van der Waals surface area contributed by atoms with E-state index in [0.29, 0.717) is 5.56 Å². The van der Waals surface area contributed by atoms with Gasteiger partial charge in [0.15, 0.2) is 5.60 Å². The molecule has 0 saturated carbocycles. The van der Waals surface area contributed by atoms with Crippen molar-refractivity contribution in [3.63, 3.8) is 0 Å². The molecule has 0 aliphatic carbocycles. The topological polar surface area (TPSA) is 78.9 Å². The van der Waals surface area contributed by atoms with Gasteiger partial charge in [0.1, 0.15) is 0 Å². The Hall–Kier alpha value is -2.21. The van der Waals surface area contributed by atoms with Gasteiger partial charge < -0.3 is 14.2 Å². The van der Waals surface area contributed by atoms with Crippen molar-refractivity contribution in [3.05, 3.63) is 35.9 Å². The highest BCUT2D eigenvalue weighted by Gasteiger charge is 2.56. The van der Waals surface area contributed by atoms with E-state index in [1.807, 2.05) is 6.07 Å². The van der Waals surface area contributed by atoms with Crippen LogP contribution in [-0.4, -0.2) is 23.5 Å². The minimum absolute atomic E-state index is 0.305. The van der Waals surface area contributed by atoms with Crippen LogP contribution in [0.2, 0.25) is 0 Å². The summed E-state index contributed by atoms with van der Waals surface area (Å²) in [5, 5.41) is 0. The van der Waals surface area contributed by atoms with Crippen LogP contribution in [0, 0.1) is 0 Å². The molecule has 3 rings (SSSR count). The average Bonchev–Trinajstić information content (AvgIpc) is 2.66. The van der Waals surface area contributed by atoms with Crippen LogP contribution >= 0.6 is 0 Å². The van der Waals surface area contributed by atoms with Crippen LogP contribution in [0.5, 0.6) is 0 Å². The zero-order valence-electron chi connectivity index (χ0n) is 9.83. The minimum Gasteiger partial charge on any atom is -0.429 e. The molecule has 6 heteroatoms. The summed E-state index contributed by atoms with van der Waals surface area (Å²) in [7, 11) is 0. The fourth-order valence-corrected chi connectivity index (χ4v) is 2.18. The van der Waals surface area contributed by atoms with E-state index in [1.165, 1.54) is 0 Å². The van der Waals surface area contributed by atoms with E-state index in [2.05, 4.69) is 4.74 Å². The lowest BCUT2D eigenvalue weighted by molar-refractivity contribution is -0.180. The lowest BCUT2D eigenvalue weighted by Gasteiger charge is -2.25. The maximum absolute atomic E-state index is 11.9. The van der Waals surface area contributed by atoms with Gasteiger partial charge in [-0.2, -0.15) is 0 Å². The SMILES string of the molecule is O=C1CC2(CC(=O)O1)OC(c1ccccc1)OC2=O. The third-order valence-electron chi connectivity index (χ3n) is 3.08. The van der Waals surface area contributed by atoms with Crippen molar-refractivity contribution in [2.45, 2.75) is 24.7 Å². The Balaban J connectivity index is 1.87. The first-order valence-electron chi connectivity index (χ1n) is 5.76. The number of hydrogen-bond donors (Lipinski definition) is 0. The molecule has 0 radical (unpaired) electrons. The van der Waals surface area contributed by atoms with Crippen LogP contribution in [0.4, 0.5) is 0 Å². The van der Waals surface area contributed by atoms with E-state index < -0.39 is 29.8 Å². The summed E-state index contributed by atoms with van der Waals surface area (Å²) in [6.45, 7) is 0. The fourth-order valence-electron chi connectivity index (χ4n) is 2.18. The summed E-state index contributed by atoms with van der Waals surface area (Å²) in [6.07, 6.45) is -1.51. The molecule has 1 spiro atoms.